The first-order valence-electron chi connectivity index (χ1n) is 8.80. The summed E-state index contributed by atoms with van der Waals surface area (Å²) in [6, 6.07) is 14.9. The van der Waals surface area contributed by atoms with Gasteiger partial charge in [0, 0.05) is 49.1 Å². The number of ether oxygens (including phenoxy) is 1. The number of hydrogen-bond acceptors (Lipinski definition) is 3. The molecule has 0 saturated carbocycles. The van der Waals surface area contributed by atoms with Crippen molar-refractivity contribution in [2.75, 3.05) is 6.54 Å². The van der Waals surface area contributed by atoms with Crippen molar-refractivity contribution in [2.24, 2.45) is 7.05 Å². The molecule has 1 aromatic heterocycles. The van der Waals surface area contributed by atoms with Gasteiger partial charge >= 0.3 is 0 Å². The molecule has 2 heterocycles. The van der Waals surface area contributed by atoms with Gasteiger partial charge in [-0.05, 0) is 19.1 Å². The van der Waals surface area contributed by atoms with Gasteiger partial charge in [-0.15, -0.1) is 0 Å². The van der Waals surface area contributed by atoms with Gasteiger partial charge in [-0.2, -0.15) is 5.10 Å². The van der Waals surface area contributed by atoms with Crippen LogP contribution in [0.5, 0.6) is 5.75 Å². The Morgan fingerprint density at radius 2 is 1.92 bits per heavy atom. The zero-order valence-electron chi connectivity index (χ0n) is 15.0. The highest BCUT2D eigenvalue weighted by atomic mass is 19.1. The number of aromatic nitrogens is 2. The number of benzene rings is 2. The summed E-state index contributed by atoms with van der Waals surface area (Å²) in [5.74, 6) is 0.598. The monoisotopic (exact) mass is 351 g/mol. The highest BCUT2D eigenvalue weighted by molar-refractivity contribution is 5.35. The maximum absolute atomic E-state index is 14.4. The lowest BCUT2D eigenvalue weighted by atomic mass is 10.1. The van der Waals surface area contributed by atoms with E-state index in [1.165, 1.54) is 11.6 Å². The number of rotatable bonds is 3. The van der Waals surface area contributed by atoms with Gasteiger partial charge in [-0.3, -0.25) is 9.58 Å². The van der Waals surface area contributed by atoms with Crippen LogP contribution in [0.3, 0.4) is 0 Å². The Bertz CT molecular complexity index is 921. The van der Waals surface area contributed by atoms with Gasteiger partial charge in [0.1, 0.15) is 17.7 Å². The van der Waals surface area contributed by atoms with Crippen LogP contribution in [0.25, 0.3) is 0 Å². The van der Waals surface area contributed by atoms with Gasteiger partial charge in [0.25, 0.3) is 0 Å². The van der Waals surface area contributed by atoms with Gasteiger partial charge in [0.2, 0.25) is 0 Å². The molecule has 0 spiro atoms. The lowest BCUT2D eigenvalue weighted by molar-refractivity contribution is 0.140. The van der Waals surface area contributed by atoms with Crippen molar-refractivity contribution in [3.05, 3.63) is 82.9 Å². The molecule has 1 aliphatic rings. The molecule has 0 radical (unpaired) electrons. The zero-order valence-corrected chi connectivity index (χ0v) is 15.0. The molecule has 0 aliphatic carbocycles. The normalized spacial score (nSPS) is 17.4. The van der Waals surface area contributed by atoms with Crippen LogP contribution in [0.2, 0.25) is 0 Å². The van der Waals surface area contributed by atoms with Crippen LogP contribution in [0.15, 0.2) is 54.7 Å². The van der Waals surface area contributed by atoms with Gasteiger partial charge < -0.3 is 4.74 Å². The predicted molar refractivity (Wildman–Crippen MR) is 98.3 cm³/mol. The van der Waals surface area contributed by atoms with Crippen molar-refractivity contribution in [3.63, 3.8) is 0 Å². The number of hydrogen-bond donors (Lipinski definition) is 0. The molecule has 0 bridgehead atoms. The van der Waals surface area contributed by atoms with Crippen molar-refractivity contribution in [1.82, 2.24) is 14.7 Å². The summed E-state index contributed by atoms with van der Waals surface area (Å²) in [6.07, 6.45) is 1.56. The molecule has 134 valence electrons. The molecule has 5 heteroatoms. The summed E-state index contributed by atoms with van der Waals surface area (Å²) in [7, 11) is 1.95. The molecule has 4 nitrogen and oxygen atoms in total. The topological polar surface area (TPSA) is 30.3 Å². The van der Waals surface area contributed by atoms with Crippen LogP contribution in [-0.2, 0) is 20.1 Å². The molecule has 26 heavy (non-hydrogen) atoms. The van der Waals surface area contributed by atoms with E-state index in [-0.39, 0.29) is 11.9 Å². The second kappa shape index (κ2) is 6.92. The number of para-hydroxylation sites is 1. The fourth-order valence-corrected chi connectivity index (χ4v) is 3.44. The Hall–Kier alpha value is -2.66. The second-order valence-corrected chi connectivity index (χ2v) is 6.78. The highest BCUT2D eigenvalue weighted by Gasteiger charge is 2.26. The van der Waals surface area contributed by atoms with Crippen molar-refractivity contribution >= 4 is 0 Å². The van der Waals surface area contributed by atoms with Gasteiger partial charge in [-0.1, -0.05) is 36.4 Å². The quantitative estimate of drug-likeness (QED) is 0.714. The number of fused-ring (bicyclic) bond motifs is 1. The van der Waals surface area contributed by atoms with Crippen molar-refractivity contribution < 1.29 is 9.13 Å². The smallest absolute Gasteiger partial charge is 0.139 e. The molecule has 0 saturated heterocycles. The maximum atomic E-state index is 14.4. The molecule has 0 fully saturated rings. The fourth-order valence-electron chi connectivity index (χ4n) is 3.44. The first-order valence-corrected chi connectivity index (χ1v) is 8.80. The predicted octanol–water partition coefficient (Wildman–Crippen LogP) is 4.00. The van der Waals surface area contributed by atoms with Crippen LogP contribution in [0.4, 0.5) is 4.39 Å². The Labute approximate surface area is 152 Å². The lowest BCUT2D eigenvalue weighted by Gasteiger charge is -2.24. The van der Waals surface area contributed by atoms with Crippen molar-refractivity contribution in [2.45, 2.75) is 26.1 Å². The molecule has 0 amide bonds. The summed E-state index contributed by atoms with van der Waals surface area (Å²) in [6.45, 7) is 4.20. The van der Waals surface area contributed by atoms with Gasteiger partial charge in [0.15, 0.2) is 0 Å². The minimum absolute atomic E-state index is 0.227. The summed E-state index contributed by atoms with van der Waals surface area (Å²) >= 11 is 0. The van der Waals surface area contributed by atoms with Crippen LogP contribution >= 0.6 is 0 Å². The third-order valence-electron chi connectivity index (χ3n) is 5.04. The van der Waals surface area contributed by atoms with E-state index in [2.05, 4.69) is 23.0 Å². The second-order valence-electron chi connectivity index (χ2n) is 6.78. The standard InChI is InChI=1S/C21H22FN3O/c1-15-17(11-23-24(15)2)13-25-12-16-7-3-6-10-20(16)26-21(14-25)18-8-4-5-9-19(18)22/h3-11,21H,12-14H2,1-2H3. The average Bonchev–Trinajstić information content (AvgIpc) is 2.85. The Morgan fingerprint density at radius 3 is 2.69 bits per heavy atom. The van der Waals surface area contributed by atoms with Crippen LogP contribution < -0.4 is 4.74 Å². The molecule has 1 aliphatic heterocycles. The summed E-state index contributed by atoms with van der Waals surface area (Å²) in [5, 5.41) is 4.34. The average molecular weight is 351 g/mol. The largest absolute Gasteiger partial charge is 0.484 e. The summed E-state index contributed by atoms with van der Waals surface area (Å²) in [4.78, 5) is 2.30. The number of halogens is 1. The van der Waals surface area contributed by atoms with E-state index < -0.39 is 0 Å². The Morgan fingerprint density at radius 1 is 1.15 bits per heavy atom. The minimum Gasteiger partial charge on any atom is -0.484 e. The van der Waals surface area contributed by atoms with E-state index >= 15 is 0 Å². The molecule has 0 N–H and O–H groups in total. The third-order valence-corrected chi connectivity index (χ3v) is 5.04. The first-order chi connectivity index (χ1) is 12.6. The molecular formula is C21H22FN3O. The van der Waals surface area contributed by atoms with E-state index in [0.29, 0.717) is 12.1 Å². The third kappa shape index (κ3) is 3.22. The van der Waals surface area contributed by atoms with E-state index in [9.17, 15) is 4.39 Å². The van der Waals surface area contributed by atoms with Crippen LogP contribution in [-0.4, -0.2) is 21.2 Å². The molecule has 2 aromatic carbocycles. The fraction of sp³-hybridized carbons (Fsp3) is 0.286. The van der Waals surface area contributed by atoms with E-state index in [4.69, 9.17) is 4.74 Å². The van der Waals surface area contributed by atoms with Crippen LogP contribution in [0.1, 0.15) is 28.5 Å². The maximum Gasteiger partial charge on any atom is 0.139 e. The number of nitrogens with zero attached hydrogens (tertiary/aromatic N) is 3. The Kier molecular flexibility index (Phi) is 4.47. The zero-order chi connectivity index (χ0) is 18.1. The van der Waals surface area contributed by atoms with E-state index in [1.54, 1.807) is 12.1 Å². The minimum atomic E-state index is -0.350. The molecule has 3 aromatic rings. The van der Waals surface area contributed by atoms with E-state index in [0.717, 1.165) is 30.1 Å². The first kappa shape index (κ1) is 16.8. The summed E-state index contributed by atoms with van der Waals surface area (Å²) in [5.41, 5.74) is 4.04. The molecule has 1 atom stereocenters. The van der Waals surface area contributed by atoms with Crippen molar-refractivity contribution in [3.8, 4) is 5.75 Å². The number of aryl methyl sites for hydroxylation is 1. The molecule has 1 unspecified atom stereocenters. The SMILES string of the molecule is Cc1c(CN2Cc3ccccc3OC(c3ccccc3F)C2)cnn1C. The molecule has 4 rings (SSSR count). The summed E-state index contributed by atoms with van der Waals surface area (Å²) < 4.78 is 22.5. The Balaban J connectivity index is 1.68. The highest BCUT2D eigenvalue weighted by Crippen LogP contribution is 2.32. The van der Waals surface area contributed by atoms with Gasteiger partial charge in [-0.25, -0.2) is 4.39 Å². The van der Waals surface area contributed by atoms with Crippen molar-refractivity contribution in [1.29, 1.82) is 0 Å². The van der Waals surface area contributed by atoms with Gasteiger partial charge in [0.05, 0.1) is 6.20 Å². The lowest BCUT2D eigenvalue weighted by Crippen LogP contribution is -2.28. The van der Waals surface area contributed by atoms with Crippen LogP contribution in [0, 0.1) is 12.7 Å². The van der Waals surface area contributed by atoms with E-state index in [1.807, 2.05) is 42.2 Å². The molecular weight excluding hydrogens is 329 g/mol.